The molecule has 0 saturated heterocycles. The van der Waals surface area contributed by atoms with E-state index in [9.17, 15) is 0 Å². The van der Waals surface area contributed by atoms with Crippen molar-refractivity contribution in [3.63, 3.8) is 0 Å². The van der Waals surface area contributed by atoms with Crippen molar-refractivity contribution in [2.45, 2.75) is 19.4 Å². The first-order valence-electron chi connectivity index (χ1n) is 4.24. The average Bonchev–Trinajstić information content (AvgIpc) is 2.50. The number of rotatable bonds is 2. The lowest BCUT2D eigenvalue weighted by Gasteiger charge is -2.11. The molecule has 1 aromatic heterocycles. The molecule has 4 nitrogen and oxygen atoms in total. The van der Waals surface area contributed by atoms with Gasteiger partial charge in [0.25, 0.3) is 0 Å². The van der Waals surface area contributed by atoms with Crippen LogP contribution in [0.2, 0.25) is 0 Å². The minimum absolute atomic E-state index is 0.650. The van der Waals surface area contributed by atoms with Gasteiger partial charge < -0.3 is 10.5 Å². The van der Waals surface area contributed by atoms with Crippen LogP contribution in [-0.2, 0) is 24.2 Å². The maximum absolute atomic E-state index is 5.46. The number of hydrogen-bond donors (Lipinski definition) is 2. The molecule has 0 fully saturated rings. The van der Waals surface area contributed by atoms with E-state index in [-0.39, 0.29) is 0 Å². The third-order valence-corrected chi connectivity index (χ3v) is 2.16. The van der Waals surface area contributed by atoms with E-state index in [2.05, 4.69) is 10.2 Å². The molecule has 4 heteroatoms. The molecule has 0 spiro atoms. The number of nitrogens with one attached hydrogen (secondary N) is 1. The molecular weight excluding hydrogens is 154 g/mol. The second kappa shape index (κ2) is 3.25. The highest BCUT2D eigenvalue weighted by Gasteiger charge is 2.15. The summed E-state index contributed by atoms with van der Waals surface area (Å²) >= 11 is 0. The molecular formula is C8H13N3O. The summed E-state index contributed by atoms with van der Waals surface area (Å²) in [5, 5.41) is 7.23. The first-order chi connectivity index (χ1) is 5.92. The second-order valence-corrected chi connectivity index (χ2v) is 2.97. The van der Waals surface area contributed by atoms with Crippen LogP contribution in [0.3, 0.4) is 0 Å². The van der Waals surface area contributed by atoms with Crippen molar-refractivity contribution in [3.05, 3.63) is 17.0 Å². The minimum Gasteiger partial charge on any atom is -0.376 e. The molecule has 0 unspecified atom stereocenters. The Morgan fingerprint density at radius 2 is 2.50 bits per heavy atom. The fourth-order valence-corrected chi connectivity index (χ4v) is 1.51. The molecule has 0 saturated carbocycles. The zero-order valence-electron chi connectivity index (χ0n) is 6.97. The van der Waals surface area contributed by atoms with Gasteiger partial charge in [0.05, 0.1) is 18.9 Å². The molecule has 66 valence electrons. The molecule has 12 heavy (non-hydrogen) atoms. The highest BCUT2D eigenvalue weighted by Crippen LogP contribution is 2.17. The third-order valence-electron chi connectivity index (χ3n) is 2.16. The number of ether oxygens (including phenoxy) is 1. The molecule has 0 radical (unpaired) electrons. The van der Waals surface area contributed by atoms with Crippen molar-refractivity contribution >= 4 is 0 Å². The van der Waals surface area contributed by atoms with Gasteiger partial charge in [0.15, 0.2) is 0 Å². The van der Waals surface area contributed by atoms with Gasteiger partial charge in [-0.25, -0.2) is 0 Å². The second-order valence-electron chi connectivity index (χ2n) is 2.97. The largest absolute Gasteiger partial charge is 0.376 e. The number of aromatic amines is 1. The van der Waals surface area contributed by atoms with E-state index < -0.39 is 0 Å². The van der Waals surface area contributed by atoms with Crippen LogP contribution in [0, 0.1) is 0 Å². The summed E-state index contributed by atoms with van der Waals surface area (Å²) < 4.78 is 5.34. The highest BCUT2D eigenvalue weighted by atomic mass is 16.5. The number of nitrogens with two attached hydrogens (primary N) is 1. The molecule has 2 rings (SSSR count). The summed E-state index contributed by atoms with van der Waals surface area (Å²) in [7, 11) is 0. The SMILES string of the molecule is NCCc1n[nH]c2c1COCC2. The van der Waals surface area contributed by atoms with Crippen LogP contribution in [0.25, 0.3) is 0 Å². The van der Waals surface area contributed by atoms with Crippen LogP contribution < -0.4 is 5.73 Å². The van der Waals surface area contributed by atoms with Crippen LogP contribution in [0.1, 0.15) is 17.0 Å². The van der Waals surface area contributed by atoms with E-state index in [4.69, 9.17) is 10.5 Å². The molecule has 1 aliphatic rings. The number of nitrogens with zero attached hydrogens (tertiary/aromatic N) is 1. The lowest BCUT2D eigenvalue weighted by Crippen LogP contribution is -2.11. The van der Waals surface area contributed by atoms with E-state index in [1.54, 1.807) is 0 Å². The van der Waals surface area contributed by atoms with Gasteiger partial charge in [0.2, 0.25) is 0 Å². The van der Waals surface area contributed by atoms with E-state index in [0.29, 0.717) is 13.2 Å². The molecule has 1 aliphatic heterocycles. The lowest BCUT2D eigenvalue weighted by atomic mass is 10.1. The molecule has 0 aliphatic carbocycles. The van der Waals surface area contributed by atoms with Crippen molar-refractivity contribution in [3.8, 4) is 0 Å². The Bertz CT molecular complexity index is 269. The molecule has 2 heterocycles. The minimum atomic E-state index is 0.650. The predicted octanol–water partition coefficient (Wildman–Crippen LogP) is -0.0164. The first kappa shape index (κ1) is 7.76. The average molecular weight is 167 g/mol. The van der Waals surface area contributed by atoms with E-state index >= 15 is 0 Å². The molecule has 3 N–H and O–H groups in total. The van der Waals surface area contributed by atoms with Crippen molar-refractivity contribution in [1.29, 1.82) is 0 Å². The zero-order chi connectivity index (χ0) is 8.39. The van der Waals surface area contributed by atoms with Gasteiger partial charge in [-0.3, -0.25) is 5.10 Å². The first-order valence-corrected chi connectivity index (χ1v) is 4.24. The normalized spacial score (nSPS) is 16.1. The van der Waals surface area contributed by atoms with Crippen LogP contribution in [0.5, 0.6) is 0 Å². The fourth-order valence-electron chi connectivity index (χ4n) is 1.51. The summed E-state index contributed by atoms with van der Waals surface area (Å²) in [6, 6.07) is 0. The number of hydrogen-bond acceptors (Lipinski definition) is 3. The molecule has 0 atom stereocenters. The molecule has 0 bridgehead atoms. The van der Waals surface area contributed by atoms with E-state index in [1.165, 1.54) is 11.3 Å². The van der Waals surface area contributed by atoms with Gasteiger partial charge in [-0.2, -0.15) is 5.10 Å². The lowest BCUT2D eigenvalue weighted by molar-refractivity contribution is 0.109. The van der Waals surface area contributed by atoms with Gasteiger partial charge in [0, 0.05) is 24.1 Å². The van der Waals surface area contributed by atoms with Crippen LogP contribution in [-0.4, -0.2) is 23.3 Å². The Labute approximate surface area is 71.1 Å². The van der Waals surface area contributed by atoms with Crippen molar-refractivity contribution in [2.24, 2.45) is 5.73 Å². The zero-order valence-corrected chi connectivity index (χ0v) is 6.97. The van der Waals surface area contributed by atoms with E-state index in [0.717, 1.165) is 25.1 Å². The summed E-state index contributed by atoms with van der Waals surface area (Å²) in [5.41, 5.74) is 8.99. The van der Waals surface area contributed by atoms with Gasteiger partial charge >= 0.3 is 0 Å². The topological polar surface area (TPSA) is 63.9 Å². The van der Waals surface area contributed by atoms with Crippen molar-refractivity contribution in [2.75, 3.05) is 13.2 Å². The predicted molar refractivity (Wildman–Crippen MR) is 44.7 cm³/mol. The van der Waals surface area contributed by atoms with Gasteiger partial charge in [-0.05, 0) is 6.54 Å². The Kier molecular flexibility index (Phi) is 2.10. The van der Waals surface area contributed by atoms with Crippen LogP contribution >= 0.6 is 0 Å². The van der Waals surface area contributed by atoms with Gasteiger partial charge in [0.1, 0.15) is 0 Å². The standard InChI is InChI=1S/C8H13N3O/c9-3-1-7-6-5-12-4-2-8(6)11-10-7/h1-5,9H2,(H,10,11). The summed E-state index contributed by atoms with van der Waals surface area (Å²) in [5.74, 6) is 0. The Balaban J connectivity index is 2.25. The fraction of sp³-hybridized carbons (Fsp3) is 0.625. The quantitative estimate of drug-likeness (QED) is 0.650. The Hall–Kier alpha value is -0.870. The third kappa shape index (κ3) is 1.23. The Morgan fingerprint density at radius 1 is 1.58 bits per heavy atom. The van der Waals surface area contributed by atoms with Gasteiger partial charge in [-0.1, -0.05) is 0 Å². The van der Waals surface area contributed by atoms with Crippen molar-refractivity contribution in [1.82, 2.24) is 10.2 Å². The maximum Gasteiger partial charge on any atom is 0.0753 e. The maximum atomic E-state index is 5.46. The van der Waals surface area contributed by atoms with E-state index in [1.807, 2.05) is 0 Å². The van der Waals surface area contributed by atoms with Crippen molar-refractivity contribution < 1.29 is 4.74 Å². The number of H-pyrrole nitrogens is 1. The van der Waals surface area contributed by atoms with Crippen LogP contribution in [0.4, 0.5) is 0 Å². The molecule has 1 aromatic rings. The Morgan fingerprint density at radius 3 is 3.33 bits per heavy atom. The highest BCUT2D eigenvalue weighted by molar-refractivity contribution is 5.26. The summed E-state index contributed by atoms with van der Waals surface area (Å²) in [4.78, 5) is 0. The smallest absolute Gasteiger partial charge is 0.0753 e. The number of aromatic nitrogens is 2. The summed E-state index contributed by atoms with van der Waals surface area (Å²) in [6.45, 7) is 2.15. The molecule has 0 amide bonds. The van der Waals surface area contributed by atoms with Gasteiger partial charge in [-0.15, -0.1) is 0 Å². The summed E-state index contributed by atoms with van der Waals surface area (Å²) in [6.07, 6.45) is 1.79. The monoisotopic (exact) mass is 167 g/mol. The number of fused-ring (bicyclic) bond motifs is 1. The van der Waals surface area contributed by atoms with Crippen LogP contribution in [0.15, 0.2) is 0 Å². The molecule has 0 aromatic carbocycles.